The molecule has 0 spiro atoms. The van der Waals surface area contributed by atoms with E-state index in [1.165, 1.54) is 28.7 Å². The van der Waals surface area contributed by atoms with E-state index in [4.69, 9.17) is 0 Å². The molecule has 6 aliphatic rings. The highest BCUT2D eigenvalue weighted by molar-refractivity contribution is 5.87. The number of rotatable bonds is 0. The lowest BCUT2D eigenvalue weighted by Gasteiger charge is -2.48. The molecule has 3 nitrogen and oxygen atoms in total. The van der Waals surface area contributed by atoms with Gasteiger partial charge in [0, 0.05) is 23.7 Å². The van der Waals surface area contributed by atoms with Crippen LogP contribution in [0.4, 0.5) is 4.39 Å². The van der Waals surface area contributed by atoms with Crippen LogP contribution >= 0.6 is 0 Å². The van der Waals surface area contributed by atoms with Crippen LogP contribution in [0.15, 0.2) is 36.4 Å². The molecule has 1 N–H and O–H groups in total. The zero-order chi connectivity index (χ0) is 27.8. The summed E-state index contributed by atoms with van der Waals surface area (Å²) in [7, 11) is 0. The van der Waals surface area contributed by atoms with Gasteiger partial charge in [0.15, 0.2) is 0 Å². The number of benzene rings is 2. The Labute approximate surface area is 238 Å². The molecule has 4 heteroatoms. The predicted octanol–water partition coefficient (Wildman–Crippen LogP) is 8.07. The van der Waals surface area contributed by atoms with Crippen LogP contribution in [-0.2, 0) is 22.4 Å². The van der Waals surface area contributed by atoms with Crippen molar-refractivity contribution >= 4 is 11.6 Å². The third kappa shape index (κ3) is 3.95. The minimum atomic E-state index is -0.112. The van der Waals surface area contributed by atoms with Gasteiger partial charge in [-0.1, -0.05) is 26.0 Å². The Morgan fingerprint density at radius 3 is 1.73 bits per heavy atom. The Bertz CT molecular complexity index is 1260. The van der Waals surface area contributed by atoms with Crippen LogP contribution in [-0.4, -0.2) is 16.7 Å². The molecular weight excluding hydrogens is 498 g/mol. The van der Waals surface area contributed by atoms with E-state index in [-0.39, 0.29) is 16.6 Å². The van der Waals surface area contributed by atoms with Gasteiger partial charge in [-0.2, -0.15) is 0 Å². The number of carbonyl (C=O) groups excluding carboxylic acids is 2. The molecule has 0 unspecified atom stereocenters. The molecule has 0 heterocycles. The van der Waals surface area contributed by atoms with Crippen molar-refractivity contribution in [1.82, 2.24) is 0 Å². The molecule has 4 fully saturated rings. The highest BCUT2D eigenvalue weighted by atomic mass is 18.2. The number of Topliss-reactive ketones (excluding diaryl/α,β-unsaturated/α-hetero) is 2. The van der Waals surface area contributed by atoms with Crippen molar-refractivity contribution < 1.29 is 19.1 Å². The Morgan fingerprint density at radius 1 is 0.675 bits per heavy atom. The number of phenolic OH excluding ortho intramolecular Hbond substituents is 1. The van der Waals surface area contributed by atoms with Crippen molar-refractivity contribution in [2.45, 2.75) is 103 Å². The first-order valence-corrected chi connectivity index (χ1v) is 15.9. The molecule has 8 rings (SSSR count). The molecule has 6 aliphatic carbocycles. The molecule has 40 heavy (non-hydrogen) atoms. The van der Waals surface area contributed by atoms with Crippen molar-refractivity contribution in [3.05, 3.63) is 64.5 Å². The average Bonchev–Trinajstić information content (AvgIpc) is 3.43. The number of phenols is 1. The SMILES string of the molecule is C[C@]12CC[C@@H]3c4ccc(O)cc4CC[C@H]3[C@@H]1CCC2=O.C[C@]12CC[C@@H]3c4ccc([18F])cc4CC[C@H]3[C@@H]1CCC2=O. The fraction of sp³-hybridized carbons (Fsp3) is 0.611. The summed E-state index contributed by atoms with van der Waals surface area (Å²) in [5.74, 6) is 4.92. The monoisotopic (exact) mass is 541 g/mol. The first-order valence-electron chi connectivity index (χ1n) is 15.9. The van der Waals surface area contributed by atoms with Crippen LogP contribution in [0.25, 0.3) is 0 Å². The quantitative estimate of drug-likeness (QED) is 0.367. The predicted molar refractivity (Wildman–Crippen MR) is 154 cm³/mol. The van der Waals surface area contributed by atoms with Gasteiger partial charge in [-0.3, -0.25) is 9.59 Å². The zero-order valence-electron chi connectivity index (χ0n) is 24.1. The second-order valence-electron chi connectivity index (χ2n) is 14.4. The van der Waals surface area contributed by atoms with E-state index in [0.29, 0.717) is 52.8 Å². The van der Waals surface area contributed by atoms with E-state index >= 15 is 0 Å². The molecule has 0 bridgehead atoms. The molecule has 4 saturated carbocycles. The lowest BCUT2D eigenvalue weighted by Crippen LogP contribution is -2.42. The molecule has 212 valence electrons. The van der Waals surface area contributed by atoms with Gasteiger partial charge in [0.25, 0.3) is 0 Å². The van der Waals surface area contributed by atoms with Gasteiger partial charge in [-0.05, 0) is 146 Å². The first-order chi connectivity index (χ1) is 19.2. The highest BCUT2D eigenvalue weighted by Crippen LogP contribution is 2.60. The summed E-state index contributed by atoms with van der Waals surface area (Å²) in [5, 5.41) is 9.67. The number of aromatic hydroxyl groups is 1. The summed E-state index contributed by atoms with van der Waals surface area (Å²) in [6.07, 6.45) is 12.4. The van der Waals surface area contributed by atoms with Gasteiger partial charge < -0.3 is 5.11 Å². The number of halogens is 1. The van der Waals surface area contributed by atoms with E-state index in [0.717, 1.165) is 70.6 Å². The highest BCUT2D eigenvalue weighted by Gasteiger charge is 2.55. The fourth-order valence-corrected chi connectivity index (χ4v) is 10.7. The van der Waals surface area contributed by atoms with Crippen molar-refractivity contribution in [3.8, 4) is 5.75 Å². The molecule has 2 aromatic carbocycles. The topological polar surface area (TPSA) is 54.4 Å². The summed E-state index contributed by atoms with van der Waals surface area (Å²) in [5.41, 5.74) is 5.26. The molecule has 0 aromatic heterocycles. The molecule has 8 atom stereocenters. The minimum absolute atomic E-state index is 0.0322. The molecule has 0 aliphatic heterocycles. The third-order valence-corrected chi connectivity index (χ3v) is 12.8. The van der Waals surface area contributed by atoms with Gasteiger partial charge in [-0.15, -0.1) is 0 Å². The van der Waals surface area contributed by atoms with Crippen LogP contribution in [0.2, 0.25) is 0 Å². The second-order valence-corrected chi connectivity index (χ2v) is 14.4. The Morgan fingerprint density at radius 2 is 1.18 bits per heavy atom. The maximum absolute atomic E-state index is 13.4. The summed E-state index contributed by atoms with van der Waals surface area (Å²) >= 11 is 0. The van der Waals surface area contributed by atoms with E-state index in [1.807, 2.05) is 18.2 Å². The normalized spacial score (nSPS) is 39.1. The molecule has 0 saturated heterocycles. The van der Waals surface area contributed by atoms with Gasteiger partial charge in [0.1, 0.15) is 23.1 Å². The summed E-state index contributed by atoms with van der Waals surface area (Å²) < 4.78 is 13.4. The number of hydrogen-bond donors (Lipinski definition) is 1. The first kappa shape index (κ1) is 26.4. The lowest BCUT2D eigenvalue weighted by atomic mass is 9.55. The largest absolute Gasteiger partial charge is 0.508 e. The van der Waals surface area contributed by atoms with Gasteiger partial charge in [0.05, 0.1) is 0 Å². The zero-order valence-corrected chi connectivity index (χ0v) is 24.1. The average molecular weight is 542 g/mol. The standard InChI is InChI=1S/C18H21FO.C18H22O2/c2*1-18-9-8-14-13-5-3-12(19)10-11(13)2-4-15(14)16(18)6-7-17(18)20/h3,5,10,14-16H,2,4,6-9H2,1H3;3,5,10,14-16,19H,2,4,6-9H2,1H3/t2*14-,15-,16+,18+/m11/s1/i19-1;. The molecular formula is C36H43FO3. The van der Waals surface area contributed by atoms with Crippen LogP contribution in [0, 0.1) is 40.3 Å². The van der Waals surface area contributed by atoms with Crippen molar-refractivity contribution in [2.24, 2.45) is 34.5 Å². The number of ketones is 2. The summed E-state index contributed by atoms with van der Waals surface area (Å²) in [6, 6.07) is 11.2. The van der Waals surface area contributed by atoms with Crippen LogP contribution in [0.3, 0.4) is 0 Å². The molecule has 0 amide bonds. The van der Waals surface area contributed by atoms with Crippen LogP contribution in [0.5, 0.6) is 5.75 Å². The van der Waals surface area contributed by atoms with Crippen LogP contribution < -0.4 is 0 Å². The Hall–Kier alpha value is -2.49. The molecule has 0 radical (unpaired) electrons. The van der Waals surface area contributed by atoms with Crippen molar-refractivity contribution in [1.29, 1.82) is 0 Å². The lowest BCUT2D eigenvalue weighted by molar-refractivity contribution is -0.130. The second kappa shape index (κ2) is 9.53. The number of fused-ring (bicyclic) bond motifs is 10. The maximum Gasteiger partial charge on any atom is 0.139 e. The van der Waals surface area contributed by atoms with Crippen molar-refractivity contribution in [3.63, 3.8) is 0 Å². The van der Waals surface area contributed by atoms with Gasteiger partial charge >= 0.3 is 0 Å². The van der Waals surface area contributed by atoms with Gasteiger partial charge in [0.2, 0.25) is 0 Å². The van der Waals surface area contributed by atoms with E-state index in [9.17, 15) is 19.1 Å². The fourth-order valence-electron chi connectivity index (χ4n) is 10.7. The number of hydrogen-bond acceptors (Lipinski definition) is 3. The molecule has 2 aromatic rings. The minimum Gasteiger partial charge on any atom is -0.508 e. The third-order valence-electron chi connectivity index (χ3n) is 12.8. The van der Waals surface area contributed by atoms with Crippen molar-refractivity contribution in [2.75, 3.05) is 0 Å². The Kier molecular flexibility index (Phi) is 6.29. The van der Waals surface area contributed by atoms with Crippen LogP contribution in [0.1, 0.15) is 112 Å². The Balaban J connectivity index is 0.000000132. The summed E-state index contributed by atoms with van der Waals surface area (Å²) in [4.78, 5) is 24.5. The number of aryl methyl sites for hydroxylation is 2. The van der Waals surface area contributed by atoms with E-state index < -0.39 is 0 Å². The summed E-state index contributed by atoms with van der Waals surface area (Å²) in [6.45, 7) is 4.42. The maximum atomic E-state index is 13.4. The van der Waals surface area contributed by atoms with E-state index in [2.05, 4.69) is 19.9 Å². The number of carbonyl (C=O) groups is 2. The van der Waals surface area contributed by atoms with E-state index in [1.54, 1.807) is 12.1 Å². The smallest absolute Gasteiger partial charge is 0.139 e. The van der Waals surface area contributed by atoms with Gasteiger partial charge in [-0.25, -0.2) is 4.39 Å².